The summed E-state index contributed by atoms with van der Waals surface area (Å²) in [4.78, 5) is 4.99. The minimum absolute atomic E-state index is 0.594. The maximum Gasteiger partial charge on any atom is 0.103 e. The monoisotopic (exact) mass is 210 g/mol. The molecule has 0 fully saturated rings. The Morgan fingerprint density at radius 1 is 1.00 bits per heavy atom. The van der Waals surface area contributed by atoms with Gasteiger partial charge in [-0.1, -0.05) is 34.1 Å². The molecule has 0 bridgehead atoms. The summed E-state index contributed by atoms with van der Waals surface area (Å²) in [7, 11) is 0. The summed E-state index contributed by atoms with van der Waals surface area (Å²) in [6.07, 6.45) is 8.95. The summed E-state index contributed by atoms with van der Waals surface area (Å²) in [6.45, 7) is 11.5. The van der Waals surface area contributed by atoms with Crippen LogP contribution in [0.2, 0.25) is 0 Å². The van der Waals surface area contributed by atoms with Gasteiger partial charge in [-0.3, -0.25) is 0 Å². The van der Waals surface area contributed by atoms with E-state index >= 15 is 0 Å². The van der Waals surface area contributed by atoms with Gasteiger partial charge in [-0.25, -0.2) is 0 Å². The van der Waals surface area contributed by atoms with Gasteiger partial charge in [-0.05, 0) is 18.8 Å². The molecule has 0 aliphatic carbocycles. The van der Waals surface area contributed by atoms with E-state index in [1.165, 1.54) is 32.4 Å². The van der Waals surface area contributed by atoms with Crippen molar-refractivity contribution in [3.63, 3.8) is 0 Å². The summed E-state index contributed by atoms with van der Waals surface area (Å²) >= 11 is 0. The Balaban J connectivity index is 2.54. The first-order valence-corrected chi connectivity index (χ1v) is 6.40. The molecule has 1 unspecified atom stereocenters. The Bertz CT molecular complexity index is 199. The molecule has 1 aliphatic rings. The van der Waals surface area contributed by atoms with Gasteiger partial charge < -0.3 is 9.80 Å². The lowest BCUT2D eigenvalue weighted by molar-refractivity contribution is 0.106. The highest BCUT2D eigenvalue weighted by atomic mass is 15.4. The van der Waals surface area contributed by atoms with Crippen LogP contribution in [0.3, 0.4) is 0 Å². The zero-order chi connectivity index (χ0) is 11.3. The first-order valence-electron chi connectivity index (χ1n) is 6.40. The molecule has 0 amide bonds. The number of hydrogen-bond acceptors (Lipinski definition) is 2. The van der Waals surface area contributed by atoms with E-state index in [2.05, 4.69) is 49.9 Å². The van der Waals surface area contributed by atoms with E-state index in [1.54, 1.807) is 0 Å². The molecule has 0 aromatic carbocycles. The van der Waals surface area contributed by atoms with Gasteiger partial charge in [0.25, 0.3) is 0 Å². The average Bonchev–Trinajstić information content (AvgIpc) is 2.58. The number of hydrogen-bond donors (Lipinski definition) is 0. The van der Waals surface area contributed by atoms with Crippen molar-refractivity contribution in [2.45, 2.75) is 53.1 Å². The van der Waals surface area contributed by atoms with Crippen LogP contribution in [0.5, 0.6) is 0 Å². The van der Waals surface area contributed by atoms with Crippen molar-refractivity contribution in [2.75, 3.05) is 13.1 Å². The fourth-order valence-corrected chi connectivity index (χ4v) is 2.32. The summed E-state index contributed by atoms with van der Waals surface area (Å²) in [6, 6.07) is 0. The van der Waals surface area contributed by atoms with E-state index < -0.39 is 0 Å². The zero-order valence-electron chi connectivity index (χ0n) is 10.7. The van der Waals surface area contributed by atoms with Crippen LogP contribution in [0.1, 0.15) is 47.0 Å². The highest BCUT2D eigenvalue weighted by Crippen LogP contribution is 2.23. The third-order valence-corrected chi connectivity index (χ3v) is 2.98. The Morgan fingerprint density at radius 2 is 1.60 bits per heavy atom. The van der Waals surface area contributed by atoms with Crippen LogP contribution in [-0.4, -0.2) is 29.1 Å². The van der Waals surface area contributed by atoms with Crippen LogP contribution in [-0.2, 0) is 0 Å². The molecule has 0 saturated carbocycles. The van der Waals surface area contributed by atoms with Crippen molar-refractivity contribution in [1.29, 1.82) is 0 Å². The van der Waals surface area contributed by atoms with Gasteiger partial charge >= 0.3 is 0 Å². The predicted molar refractivity (Wildman–Crippen MR) is 66.4 cm³/mol. The van der Waals surface area contributed by atoms with E-state index in [9.17, 15) is 0 Å². The second kappa shape index (κ2) is 6.04. The quantitative estimate of drug-likeness (QED) is 0.664. The van der Waals surface area contributed by atoms with Crippen LogP contribution in [0.15, 0.2) is 12.4 Å². The molecule has 2 nitrogen and oxygen atoms in total. The van der Waals surface area contributed by atoms with Crippen molar-refractivity contribution >= 4 is 0 Å². The van der Waals surface area contributed by atoms with Crippen LogP contribution < -0.4 is 0 Å². The third-order valence-electron chi connectivity index (χ3n) is 2.98. The Labute approximate surface area is 94.9 Å². The molecular formula is C13H26N2. The molecule has 0 aromatic heterocycles. The van der Waals surface area contributed by atoms with E-state index in [4.69, 9.17) is 0 Å². The van der Waals surface area contributed by atoms with Gasteiger partial charge in [0.2, 0.25) is 0 Å². The summed E-state index contributed by atoms with van der Waals surface area (Å²) in [5, 5.41) is 0. The van der Waals surface area contributed by atoms with Crippen molar-refractivity contribution in [1.82, 2.24) is 9.80 Å². The lowest BCUT2D eigenvalue weighted by atomic mass is 10.1. The summed E-state index contributed by atoms with van der Waals surface area (Å²) in [5.74, 6) is 0.698. The zero-order valence-corrected chi connectivity index (χ0v) is 10.7. The summed E-state index contributed by atoms with van der Waals surface area (Å²) in [5.41, 5.74) is 0. The Hall–Kier alpha value is -0.660. The largest absolute Gasteiger partial charge is 0.356 e. The maximum atomic E-state index is 2.50. The highest BCUT2D eigenvalue weighted by molar-refractivity contribution is 4.97. The maximum absolute atomic E-state index is 2.50. The Morgan fingerprint density at radius 3 is 2.07 bits per heavy atom. The molecule has 0 spiro atoms. The Kier molecular flexibility index (Phi) is 5.00. The van der Waals surface area contributed by atoms with Gasteiger partial charge in [0, 0.05) is 25.5 Å². The SMILES string of the molecule is CCCCN1C=CN(CCC)C1C(C)C. The van der Waals surface area contributed by atoms with E-state index in [1.807, 2.05) is 0 Å². The molecule has 15 heavy (non-hydrogen) atoms. The third kappa shape index (κ3) is 3.15. The number of unbranched alkanes of at least 4 members (excludes halogenated alkanes) is 1. The first kappa shape index (κ1) is 12.4. The minimum atomic E-state index is 0.594. The van der Waals surface area contributed by atoms with E-state index in [0.717, 1.165) is 0 Å². The fourth-order valence-electron chi connectivity index (χ4n) is 2.32. The van der Waals surface area contributed by atoms with Crippen molar-refractivity contribution in [3.8, 4) is 0 Å². The topological polar surface area (TPSA) is 6.48 Å². The molecule has 1 atom stereocenters. The molecule has 0 N–H and O–H groups in total. The second-order valence-corrected chi connectivity index (χ2v) is 4.78. The normalized spacial score (nSPS) is 20.7. The molecule has 88 valence electrons. The fraction of sp³-hybridized carbons (Fsp3) is 0.846. The van der Waals surface area contributed by atoms with Crippen LogP contribution in [0.25, 0.3) is 0 Å². The van der Waals surface area contributed by atoms with Gasteiger partial charge in [0.1, 0.15) is 6.17 Å². The van der Waals surface area contributed by atoms with E-state index in [0.29, 0.717) is 12.1 Å². The molecule has 0 aromatic rings. The number of nitrogens with zero attached hydrogens (tertiary/aromatic N) is 2. The first-order chi connectivity index (χ1) is 7.20. The predicted octanol–water partition coefficient (Wildman–Crippen LogP) is 3.27. The van der Waals surface area contributed by atoms with Crippen molar-refractivity contribution in [3.05, 3.63) is 12.4 Å². The summed E-state index contributed by atoms with van der Waals surface area (Å²) < 4.78 is 0. The van der Waals surface area contributed by atoms with Crippen LogP contribution in [0, 0.1) is 5.92 Å². The molecule has 0 saturated heterocycles. The standard InChI is InChI=1S/C13H26N2/c1-5-7-9-15-11-10-14(8-6-2)13(15)12(3)4/h10-13H,5-9H2,1-4H3. The molecular weight excluding hydrogens is 184 g/mol. The molecule has 2 heteroatoms. The number of rotatable bonds is 6. The van der Waals surface area contributed by atoms with Gasteiger partial charge in [-0.2, -0.15) is 0 Å². The van der Waals surface area contributed by atoms with Gasteiger partial charge in [-0.15, -0.1) is 0 Å². The molecule has 1 aliphatic heterocycles. The van der Waals surface area contributed by atoms with Crippen LogP contribution >= 0.6 is 0 Å². The average molecular weight is 210 g/mol. The highest BCUT2D eigenvalue weighted by Gasteiger charge is 2.27. The molecule has 1 rings (SSSR count). The van der Waals surface area contributed by atoms with Gasteiger partial charge in [0.05, 0.1) is 0 Å². The minimum Gasteiger partial charge on any atom is -0.356 e. The van der Waals surface area contributed by atoms with Crippen molar-refractivity contribution in [2.24, 2.45) is 5.92 Å². The van der Waals surface area contributed by atoms with Crippen LogP contribution in [0.4, 0.5) is 0 Å². The van der Waals surface area contributed by atoms with Crippen molar-refractivity contribution < 1.29 is 0 Å². The van der Waals surface area contributed by atoms with E-state index in [-0.39, 0.29) is 0 Å². The van der Waals surface area contributed by atoms with Gasteiger partial charge in [0.15, 0.2) is 0 Å². The molecule has 1 heterocycles. The lowest BCUT2D eigenvalue weighted by Gasteiger charge is -2.35. The lowest BCUT2D eigenvalue weighted by Crippen LogP contribution is -2.43. The smallest absolute Gasteiger partial charge is 0.103 e. The molecule has 0 radical (unpaired) electrons. The second-order valence-electron chi connectivity index (χ2n) is 4.78.